The van der Waals surface area contributed by atoms with E-state index in [0.29, 0.717) is 11.9 Å². The van der Waals surface area contributed by atoms with Gasteiger partial charge in [0.15, 0.2) is 0 Å². The fourth-order valence-corrected chi connectivity index (χ4v) is 2.14. The zero-order valence-electron chi connectivity index (χ0n) is 12.7. The number of carbonyl (C=O) groups excluding carboxylic acids is 1. The van der Waals surface area contributed by atoms with Crippen molar-refractivity contribution in [1.82, 2.24) is 10.3 Å². The molecule has 0 saturated heterocycles. The average molecular weight is 314 g/mol. The molecule has 0 unspecified atom stereocenters. The first kappa shape index (κ1) is 15.3. The number of urea groups is 1. The lowest BCUT2D eigenvalue weighted by Gasteiger charge is -2.08. The standard InChI is InChI=1S/C17H19FN4O/c18-13-3-1-12(2-4-13)9-10-19-15-7-8-16(20-11-15)22-17(23)21-14-5-6-14/h1-4,7-8,11,14,19H,5-6,9-10H2,(H2,20,21,22,23). The van der Waals surface area contributed by atoms with Gasteiger partial charge in [0.25, 0.3) is 0 Å². The molecule has 1 fully saturated rings. The first-order valence-electron chi connectivity index (χ1n) is 7.71. The normalized spacial score (nSPS) is 13.4. The molecule has 0 atom stereocenters. The van der Waals surface area contributed by atoms with E-state index in [1.165, 1.54) is 12.1 Å². The SMILES string of the molecule is O=C(Nc1ccc(NCCc2ccc(F)cc2)cn1)NC1CC1. The molecule has 3 rings (SSSR count). The highest BCUT2D eigenvalue weighted by atomic mass is 19.1. The fraction of sp³-hybridized carbons (Fsp3) is 0.294. The van der Waals surface area contributed by atoms with E-state index in [0.717, 1.165) is 37.1 Å². The van der Waals surface area contributed by atoms with Crippen LogP contribution in [0.5, 0.6) is 0 Å². The predicted octanol–water partition coefficient (Wildman–Crippen LogP) is 3.16. The summed E-state index contributed by atoms with van der Waals surface area (Å²) in [5.41, 5.74) is 1.95. The van der Waals surface area contributed by atoms with Crippen molar-refractivity contribution in [3.05, 3.63) is 54.0 Å². The van der Waals surface area contributed by atoms with Crippen LogP contribution in [0.2, 0.25) is 0 Å². The van der Waals surface area contributed by atoms with Gasteiger partial charge in [-0.15, -0.1) is 0 Å². The maximum atomic E-state index is 12.8. The molecule has 23 heavy (non-hydrogen) atoms. The summed E-state index contributed by atoms with van der Waals surface area (Å²) < 4.78 is 12.8. The first-order chi connectivity index (χ1) is 11.2. The van der Waals surface area contributed by atoms with Crippen LogP contribution in [0.15, 0.2) is 42.6 Å². The molecule has 1 saturated carbocycles. The second-order valence-electron chi connectivity index (χ2n) is 5.61. The molecule has 0 aliphatic heterocycles. The van der Waals surface area contributed by atoms with Gasteiger partial charge in [-0.2, -0.15) is 0 Å². The molecule has 5 nitrogen and oxygen atoms in total. The maximum absolute atomic E-state index is 12.8. The van der Waals surface area contributed by atoms with E-state index in [1.807, 2.05) is 6.07 Å². The summed E-state index contributed by atoms with van der Waals surface area (Å²) in [6.07, 6.45) is 4.58. The highest BCUT2D eigenvalue weighted by Gasteiger charge is 2.23. The molecule has 3 N–H and O–H groups in total. The molecule has 6 heteroatoms. The van der Waals surface area contributed by atoms with Gasteiger partial charge in [0.05, 0.1) is 11.9 Å². The van der Waals surface area contributed by atoms with E-state index in [-0.39, 0.29) is 11.8 Å². The minimum absolute atomic E-state index is 0.211. The Morgan fingerprint density at radius 3 is 2.61 bits per heavy atom. The Labute approximate surface area is 134 Å². The zero-order valence-corrected chi connectivity index (χ0v) is 12.7. The van der Waals surface area contributed by atoms with Crippen molar-refractivity contribution in [2.75, 3.05) is 17.2 Å². The Morgan fingerprint density at radius 1 is 1.17 bits per heavy atom. The molecule has 0 spiro atoms. The molecular formula is C17H19FN4O. The van der Waals surface area contributed by atoms with Crippen molar-refractivity contribution in [2.45, 2.75) is 25.3 Å². The smallest absolute Gasteiger partial charge is 0.320 e. The molecule has 120 valence electrons. The van der Waals surface area contributed by atoms with Crippen LogP contribution in [0.1, 0.15) is 18.4 Å². The van der Waals surface area contributed by atoms with Crippen LogP contribution in [0.25, 0.3) is 0 Å². The van der Waals surface area contributed by atoms with E-state index >= 15 is 0 Å². The number of carbonyl (C=O) groups is 1. The number of anilines is 2. The molecule has 0 radical (unpaired) electrons. The number of halogens is 1. The summed E-state index contributed by atoms with van der Waals surface area (Å²) in [5.74, 6) is 0.298. The van der Waals surface area contributed by atoms with Crippen LogP contribution >= 0.6 is 0 Å². The number of hydrogen-bond acceptors (Lipinski definition) is 3. The average Bonchev–Trinajstić information content (AvgIpc) is 3.35. The Balaban J connectivity index is 1.43. The van der Waals surface area contributed by atoms with Gasteiger partial charge in [-0.25, -0.2) is 14.2 Å². The number of amides is 2. The first-order valence-corrected chi connectivity index (χ1v) is 7.71. The van der Waals surface area contributed by atoms with Crippen LogP contribution in [-0.2, 0) is 6.42 Å². The van der Waals surface area contributed by atoms with Crippen LogP contribution in [0.3, 0.4) is 0 Å². The van der Waals surface area contributed by atoms with Gasteiger partial charge in [-0.1, -0.05) is 12.1 Å². The highest BCUT2D eigenvalue weighted by Crippen LogP contribution is 2.18. The number of rotatable bonds is 6. The van der Waals surface area contributed by atoms with Crippen molar-refractivity contribution < 1.29 is 9.18 Å². The number of hydrogen-bond donors (Lipinski definition) is 3. The van der Waals surface area contributed by atoms with Crippen LogP contribution < -0.4 is 16.0 Å². The predicted molar refractivity (Wildman–Crippen MR) is 88.0 cm³/mol. The topological polar surface area (TPSA) is 66.0 Å². The molecule has 1 heterocycles. The fourth-order valence-electron chi connectivity index (χ4n) is 2.14. The van der Waals surface area contributed by atoms with Gasteiger partial charge >= 0.3 is 6.03 Å². The van der Waals surface area contributed by atoms with Crippen molar-refractivity contribution in [2.24, 2.45) is 0 Å². The van der Waals surface area contributed by atoms with Gasteiger partial charge in [-0.05, 0) is 49.1 Å². The summed E-state index contributed by atoms with van der Waals surface area (Å²) in [7, 11) is 0. The quantitative estimate of drug-likeness (QED) is 0.767. The van der Waals surface area contributed by atoms with Crippen molar-refractivity contribution in [3.63, 3.8) is 0 Å². The minimum Gasteiger partial charge on any atom is -0.383 e. The summed E-state index contributed by atoms with van der Waals surface area (Å²) in [5, 5.41) is 8.79. The summed E-state index contributed by atoms with van der Waals surface area (Å²) in [6, 6.07) is 10.2. The Morgan fingerprint density at radius 2 is 1.96 bits per heavy atom. The van der Waals surface area contributed by atoms with Gasteiger partial charge in [-0.3, -0.25) is 5.32 Å². The number of aromatic nitrogens is 1. The Bertz CT molecular complexity index is 653. The van der Waals surface area contributed by atoms with E-state index < -0.39 is 0 Å². The molecule has 0 bridgehead atoms. The zero-order chi connectivity index (χ0) is 16.1. The highest BCUT2D eigenvalue weighted by molar-refractivity contribution is 5.88. The molecule has 2 amide bonds. The van der Waals surface area contributed by atoms with Gasteiger partial charge < -0.3 is 10.6 Å². The Hall–Kier alpha value is -2.63. The lowest BCUT2D eigenvalue weighted by Crippen LogP contribution is -2.30. The lowest BCUT2D eigenvalue weighted by molar-refractivity contribution is 0.251. The largest absolute Gasteiger partial charge is 0.383 e. The molecule has 1 aromatic heterocycles. The van der Waals surface area contributed by atoms with Crippen LogP contribution in [-0.4, -0.2) is 23.6 Å². The van der Waals surface area contributed by atoms with E-state index in [4.69, 9.17) is 0 Å². The summed E-state index contributed by atoms with van der Waals surface area (Å²) >= 11 is 0. The molecule has 1 aromatic carbocycles. The number of benzene rings is 1. The second kappa shape index (κ2) is 7.09. The number of nitrogens with zero attached hydrogens (tertiary/aromatic N) is 1. The van der Waals surface area contributed by atoms with Crippen molar-refractivity contribution in [3.8, 4) is 0 Å². The second-order valence-corrected chi connectivity index (χ2v) is 5.61. The third kappa shape index (κ3) is 4.95. The minimum atomic E-state index is -0.222. The summed E-state index contributed by atoms with van der Waals surface area (Å²) in [6.45, 7) is 0.724. The molecule has 1 aliphatic carbocycles. The third-order valence-electron chi connectivity index (χ3n) is 3.57. The van der Waals surface area contributed by atoms with Crippen molar-refractivity contribution >= 4 is 17.5 Å². The van der Waals surface area contributed by atoms with Crippen LogP contribution in [0.4, 0.5) is 20.7 Å². The third-order valence-corrected chi connectivity index (χ3v) is 3.57. The van der Waals surface area contributed by atoms with Crippen molar-refractivity contribution in [1.29, 1.82) is 0 Å². The molecule has 1 aliphatic rings. The molecule has 2 aromatic rings. The Kier molecular flexibility index (Phi) is 4.71. The van der Waals surface area contributed by atoms with E-state index in [9.17, 15) is 9.18 Å². The van der Waals surface area contributed by atoms with E-state index in [1.54, 1.807) is 24.4 Å². The molecular weight excluding hydrogens is 295 g/mol. The van der Waals surface area contributed by atoms with Crippen LogP contribution in [0, 0.1) is 5.82 Å². The number of nitrogens with one attached hydrogen (secondary N) is 3. The van der Waals surface area contributed by atoms with Gasteiger partial charge in [0, 0.05) is 12.6 Å². The van der Waals surface area contributed by atoms with Gasteiger partial charge in [0.1, 0.15) is 11.6 Å². The van der Waals surface area contributed by atoms with E-state index in [2.05, 4.69) is 20.9 Å². The summed E-state index contributed by atoms with van der Waals surface area (Å²) in [4.78, 5) is 15.8. The maximum Gasteiger partial charge on any atom is 0.320 e. The van der Waals surface area contributed by atoms with Gasteiger partial charge in [0.2, 0.25) is 0 Å². The monoisotopic (exact) mass is 314 g/mol. The number of pyridine rings is 1. The lowest BCUT2D eigenvalue weighted by atomic mass is 10.1.